The van der Waals surface area contributed by atoms with Crippen LogP contribution in [0.3, 0.4) is 0 Å². The van der Waals surface area contributed by atoms with Gasteiger partial charge in [-0.1, -0.05) is 6.92 Å². The van der Waals surface area contributed by atoms with Gasteiger partial charge in [0, 0.05) is 18.4 Å². The highest BCUT2D eigenvalue weighted by Gasteiger charge is 2.21. The molecule has 78 valence electrons. The van der Waals surface area contributed by atoms with E-state index in [1.807, 2.05) is 6.92 Å². The molecule has 0 atom stereocenters. The highest BCUT2D eigenvalue weighted by atomic mass is 16.1. The number of carbonyl (C=O) groups is 1. The van der Waals surface area contributed by atoms with E-state index >= 15 is 0 Å². The monoisotopic (exact) mass is 194 g/mol. The van der Waals surface area contributed by atoms with E-state index in [9.17, 15) is 4.79 Å². The predicted octanol–water partition coefficient (Wildman–Crippen LogP) is 1.99. The zero-order valence-corrected chi connectivity index (χ0v) is 8.75. The van der Waals surface area contributed by atoms with Crippen LogP contribution in [0.5, 0.6) is 0 Å². The lowest BCUT2D eigenvalue weighted by Crippen LogP contribution is -2.37. The molecule has 0 bridgehead atoms. The number of nitrogens with zero attached hydrogens (tertiary/aromatic N) is 1. The fourth-order valence-corrected chi connectivity index (χ4v) is 1.89. The van der Waals surface area contributed by atoms with Crippen LogP contribution in [0.1, 0.15) is 45.4 Å². The Labute approximate surface area is 85.5 Å². The van der Waals surface area contributed by atoms with Crippen molar-refractivity contribution in [2.24, 2.45) is 5.92 Å². The van der Waals surface area contributed by atoms with Gasteiger partial charge in [-0.25, -0.2) is 0 Å². The number of nitrogens with one attached hydrogen (secondary N) is 1. The normalized spacial score (nSPS) is 26.6. The van der Waals surface area contributed by atoms with Gasteiger partial charge >= 0.3 is 0 Å². The third kappa shape index (κ3) is 3.37. The maximum absolute atomic E-state index is 11.3. The predicted molar refractivity (Wildman–Crippen MR) is 54.4 cm³/mol. The topological polar surface area (TPSA) is 52.9 Å². The Balaban J connectivity index is 2.22. The van der Waals surface area contributed by atoms with Crippen molar-refractivity contribution in [2.75, 3.05) is 0 Å². The highest BCUT2D eigenvalue weighted by Crippen LogP contribution is 2.23. The molecule has 0 spiro atoms. The first kappa shape index (κ1) is 11.0. The number of hydrogen-bond donors (Lipinski definition) is 1. The van der Waals surface area contributed by atoms with Gasteiger partial charge in [0.25, 0.3) is 0 Å². The summed E-state index contributed by atoms with van der Waals surface area (Å²) < 4.78 is 0. The first-order valence-corrected chi connectivity index (χ1v) is 5.45. The van der Waals surface area contributed by atoms with Crippen molar-refractivity contribution >= 4 is 5.91 Å². The van der Waals surface area contributed by atoms with Crippen LogP contribution in [0.25, 0.3) is 0 Å². The van der Waals surface area contributed by atoms with Crippen LogP contribution in [0.15, 0.2) is 0 Å². The first-order chi connectivity index (χ1) is 6.76. The smallest absolute Gasteiger partial charge is 0.220 e. The third-order valence-corrected chi connectivity index (χ3v) is 2.75. The molecule has 0 saturated heterocycles. The van der Waals surface area contributed by atoms with Crippen LogP contribution >= 0.6 is 0 Å². The number of hydrogen-bond acceptors (Lipinski definition) is 2. The molecular weight excluding hydrogens is 176 g/mol. The van der Waals surface area contributed by atoms with Gasteiger partial charge in [0.05, 0.1) is 6.07 Å². The molecule has 1 aliphatic carbocycles. The van der Waals surface area contributed by atoms with Crippen molar-refractivity contribution in [3.8, 4) is 6.07 Å². The second kappa shape index (κ2) is 5.64. The number of amides is 1. The second-order valence-electron chi connectivity index (χ2n) is 4.00. The molecule has 3 nitrogen and oxygen atoms in total. The Bertz CT molecular complexity index is 224. The minimum absolute atomic E-state index is 0.160. The number of rotatable bonds is 3. The van der Waals surface area contributed by atoms with Crippen LogP contribution in [0, 0.1) is 17.2 Å². The van der Waals surface area contributed by atoms with Crippen molar-refractivity contribution in [1.29, 1.82) is 5.26 Å². The lowest BCUT2D eigenvalue weighted by atomic mass is 9.87. The fraction of sp³-hybridized carbons (Fsp3) is 0.818. The summed E-state index contributed by atoms with van der Waals surface area (Å²) in [4.78, 5) is 11.3. The van der Waals surface area contributed by atoms with Gasteiger partial charge in [-0.05, 0) is 32.1 Å². The Morgan fingerprint density at radius 1 is 1.43 bits per heavy atom. The van der Waals surface area contributed by atoms with E-state index in [1.54, 1.807) is 0 Å². The molecule has 0 aromatic carbocycles. The average Bonchev–Trinajstić information content (AvgIpc) is 2.19. The lowest BCUT2D eigenvalue weighted by molar-refractivity contribution is -0.122. The van der Waals surface area contributed by atoms with Gasteiger partial charge in [0.1, 0.15) is 0 Å². The van der Waals surface area contributed by atoms with Gasteiger partial charge in [-0.2, -0.15) is 5.26 Å². The maximum Gasteiger partial charge on any atom is 0.220 e. The Kier molecular flexibility index (Phi) is 4.45. The molecule has 0 heterocycles. The molecule has 3 heteroatoms. The maximum atomic E-state index is 11.3. The van der Waals surface area contributed by atoms with Crippen molar-refractivity contribution < 1.29 is 4.79 Å². The Morgan fingerprint density at radius 2 is 2.07 bits per heavy atom. The van der Waals surface area contributed by atoms with Gasteiger partial charge in [0.15, 0.2) is 0 Å². The first-order valence-electron chi connectivity index (χ1n) is 5.45. The van der Waals surface area contributed by atoms with Crippen LogP contribution in [-0.2, 0) is 4.79 Å². The molecule has 1 amide bonds. The summed E-state index contributed by atoms with van der Waals surface area (Å²) in [6, 6.07) is 2.61. The minimum atomic E-state index is 0.160. The fourth-order valence-electron chi connectivity index (χ4n) is 1.89. The van der Waals surface area contributed by atoms with Gasteiger partial charge in [-0.15, -0.1) is 0 Å². The van der Waals surface area contributed by atoms with E-state index in [2.05, 4.69) is 11.4 Å². The van der Waals surface area contributed by atoms with E-state index in [-0.39, 0.29) is 11.8 Å². The quantitative estimate of drug-likeness (QED) is 0.747. The Morgan fingerprint density at radius 3 is 2.57 bits per heavy atom. The molecule has 1 aliphatic rings. The summed E-state index contributed by atoms with van der Waals surface area (Å²) in [7, 11) is 0. The standard InChI is InChI=1S/C11H18N2O/c1-2-3-11(14)13-10-6-4-9(8-12)5-7-10/h9-10H,2-7H2,1H3,(H,13,14). The zero-order valence-electron chi connectivity index (χ0n) is 8.75. The number of nitriles is 1. The van der Waals surface area contributed by atoms with Crippen molar-refractivity contribution in [3.05, 3.63) is 0 Å². The molecule has 1 rings (SSSR count). The Hall–Kier alpha value is -1.04. The highest BCUT2D eigenvalue weighted by molar-refractivity contribution is 5.76. The van der Waals surface area contributed by atoms with Gasteiger partial charge in [-0.3, -0.25) is 4.79 Å². The molecule has 14 heavy (non-hydrogen) atoms. The SMILES string of the molecule is CCCC(=O)NC1CCC(C#N)CC1. The van der Waals surface area contributed by atoms with Crippen LogP contribution in [0.2, 0.25) is 0 Å². The van der Waals surface area contributed by atoms with E-state index in [0.717, 1.165) is 32.1 Å². The minimum Gasteiger partial charge on any atom is -0.353 e. The molecule has 0 aliphatic heterocycles. The van der Waals surface area contributed by atoms with Crippen molar-refractivity contribution in [3.63, 3.8) is 0 Å². The van der Waals surface area contributed by atoms with E-state index in [4.69, 9.17) is 5.26 Å². The molecule has 0 unspecified atom stereocenters. The largest absolute Gasteiger partial charge is 0.353 e. The van der Waals surface area contributed by atoms with E-state index in [1.165, 1.54) is 0 Å². The molecule has 0 radical (unpaired) electrons. The van der Waals surface area contributed by atoms with Crippen molar-refractivity contribution in [1.82, 2.24) is 5.32 Å². The van der Waals surface area contributed by atoms with Gasteiger partial charge in [0.2, 0.25) is 5.91 Å². The van der Waals surface area contributed by atoms with Crippen LogP contribution < -0.4 is 5.32 Å². The lowest BCUT2D eigenvalue weighted by Gasteiger charge is -2.25. The molecule has 0 aromatic rings. The molecule has 0 aromatic heterocycles. The third-order valence-electron chi connectivity index (χ3n) is 2.75. The summed E-state index contributed by atoms with van der Waals surface area (Å²) in [5, 5.41) is 11.7. The molecule has 1 fully saturated rings. The summed E-state index contributed by atoms with van der Waals surface area (Å²) in [5.74, 6) is 0.377. The average molecular weight is 194 g/mol. The summed E-state index contributed by atoms with van der Waals surface area (Å²) >= 11 is 0. The molecular formula is C11H18N2O. The summed E-state index contributed by atoms with van der Waals surface area (Å²) in [6.45, 7) is 2.01. The summed E-state index contributed by atoms with van der Waals surface area (Å²) in [6.07, 6.45) is 5.33. The second-order valence-corrected chi connectivity index (χ2v) is 4.00. The molecule has 1 saturated carbocycles. The van der Waals surface area contributed by atoms with E-state index < -0.39 is 0 Å². The summed E-state index contributed by atoms with van der Waals surface area (Å²) in [5.41, 5.74) is 0. The zero-order chi connectivity index (χ0) is 10.4. The molecule has 1 N–H and O–H groups in total. The van der Waals surface area contributed by atoms with Crippen LogP contribution in [-0.4, -0.2) is 11.9 Å². The number of carbonyl (C=O) groups excluding carboxylic acids is 1. The van der Waals surface area contributed by atoms with Gasteiger partial charge < -0.3 is 5.32 Å². The van der Waals surface area contributed by atoms with Crippen molar-refractivity contribution in [2.45, 2.75) is 51.5 Å². The van der Waals surface area contributed by atoms with Crippen LogP contribution in [0.4, 0.5) is 0 Å². The van der Waals surface area contributed by atoms with E-state index in [0.29, 0.717) is 12.5 Å².